The predicted octanol–water partition coefficient (Wildman–Crippen LogP) is 1.85. The minimum atomic E-state index is -4.64. The molecule has 0 radical (unpaired) electrons. The number of nitrogens with zero attached hydrogens (tertiary/aromatic N) is 1. The number of likely N-dealkylation sites (tertiary alicyclic amines) is 1. The molecule has 23 heavy (non-hydrogen) atoms. The largest absolute Gasteiger partial charge is 0.481 e. The maximum atomic E-state index is 12.8. The molecule has 2 amide bonds. The highest BCUT2D eigenvalue weighted by Crippen LogP contribution is 2.37. The molecule has 2 aliphatic rings. The molecule has 9 heteroatoms. The summed E-state index contributed by atoms with van der Waals surface area (Å²) in [4.78, 5) is 23.7. The summed E-state index contributed by atoms with van der Waals surface area (Å²) < 4.78 is 44.1. The third-order valence-corrected chi connectivity index (χ3v) is 4.38. The summed E-state index contributed by atoms with van der Waals surface area (Å²) in [6.07, 6.45) is -0.199. The van der Waals surface area contributed by atoms with Crippen LogP contribution >= 0.6 is 0 Å². The van der Waals surface area contributed by atoms with Crippen LogP contribution in [-0.4, -0.2) is 60.5 Å². The first-order valence-electron chi connectivity index (χ1n) is 7.73. The van der Waals surface area contributed by atoms with Crippen molar-refractivity contribution in [2.75, 3.05) is 26.2 Å². The van der Waals surface area contributed by atoms with Crippen LogP contribution in [0.4, 0.5) is 18.0 Å². The zero-order valence-corrected chi connectivity index (χ0v) is 12.6. The number of nitrogens with one attached hydrogen (secondary N) is 1. The lowest BCUT2D eigenvalue weighted by molar-refractivity contribution is -0.187. The van der Waals surface area contributed by atoms with Crippen molar-refractivity contribution in [1.29, 1.82) is 0 Å². The average Bonchev–Trinajstić information content (AvgIpc) is 3.11. The highest BCUT2D eigenvalue weighted by Gasteiger charge is 2.53. The molecule has 2 atom stereocenters. The second-order valence-corrected chi connectivity index (χ2v) is 6.01. The van der Waals surface area contributed by atoms with E-state index < -0.39 is 43.1 Å². The quantitative estimate of drug-likeness (QED) is 0.750. The highest BCUT2D eigenvalue weighted by atomic mass is 19.4. The van der Waals surface area contributed by atoms with Crippen molar-refractivity contribution in [2.45, 2.75) is 38.0 Å². The number of hydrogen-bond acceptors (Lipinski definition) is 3. The summed E-state index contributed by atoms with van der Waals surface area (Å²) >= 11 is 0. The Bertz CT molecular complexity index is 438. The maximum Gasteiger partial charge on any atom is 0.394 e. The fourth-order valence-electron chi connectivity index (χ4n) is 3.10. The summed E-state index contributed by atoms with van der Waals surface area (Å²) in [5.74, 6) is -5.18. The number of carboxylic acids is 1. The van der Waals surface area contributed by atoms with Gasteiger partial charge >= 0.3 is 18.2 Å². The summed E-state index contributed by atoms with van der Waals surface area (Å²) in [5, 5.41) is 11.4. The van der Waals surface area contributed by atoms with Crippen molar-refractivity contribution < 1.29 is 32.6 Å². The van der Waals surface area contributed by atoms with Crippen LogP contribution in [0.5, 0.6) is 0 Å². The van der Waals surface area contributed by atoms with E-state index in [0.29, 0.717) is 6.61 Å². The molecule has 0 aromatic heterocycles. The third kappa shape index (κ3) is 4.73. The number of hydrogen-bond donors (Lipinski definition) is 2. The SMILES string of the molecule is O=C(O)[C@@H]1CN(C(=O)NCCOC2CCCC2)C[C@H]1C(F)(F)F. The van der Waals surface area contributed by atoms with Crippen LogP contribution in [0.15, 0.2) is 0 Å². The van der Waals surface area contributed by atoms with E-state index >= 15 is 0 Å². The van der Waals surface area contributed by atoms with Crippen LogP contribution < -0.4 is 5.32 Å². The number of carbonyl (C=O) groups excluding carboxylic acids is 1. The molecule has 1 saturated heterocycles. The van der Waals surface area contributed by atoms with Gasteiger partial charge in [0, 0.05) is 19.6 Å². The van der Waals surface area contributed by atoms with E-state index in [1.807, 2.05) is 0 Å². The monoisotopic (exact) mass is 338 g/mol. The molecule has 132 valence electrons. The summed E-state index contributed by atoms with van der Waals surface area (Å²) in [5.41, 5.74) is 0. The van der Waals surface area contributed by atoms with Crippen LogP contribution in [0.2, 0.25) is 0 Å². The summed E-state index contributed by atoms with van der Waals surface area (Å²) in [6.45, 7) is -0.569. The molecular formula is C14H21F3N2O4. The Kier molecular flexibility index (Phi) is 5.72. The van der Waals surface area contributed by atoms with E-state index in [4.69, 9.17) is 9.84 Å². The van der Waals surface area contributed by atoms with Gasteiger partial charge in [-0.15, -0.1) is 0 Å². The molecule has 0 aromatic carbocycles. The molecule has 1 saturated carbocycles. The standard InChI is InChI=1S/C14H21F3N2O4/c15-14(16,17)11-8-19(7-10(11)12(20)21)13(22)18-5-6-23-9-3-1-2-4-9/h9-11H,1-8H2,(H,18,22)(H,20,21)/t10-,11-/m1/s1. The molecule has 1 aliphatic carbocycles. The smallest absolute Gasteiger partial charge is 0.394 e. The average molecular weight is 338 g/mol. The Morgan fingerprint density at radius 2 is 1.87 bits per heavy atom. The zero-order chi connectivity index (χ0) is 17.0. The molecule has 2 N–H and O–H groups in total. The molecule has 1 heterocycles. The first-order valence-corrected chi connectivity index (χ1v) is 7.73. The summed E-state index contributed by atoms with van der Waals surface area (Å²) in [7, 11) is 0. The topological polar surface area (TPSA) is 78.9 Å². The van der Waals surface area contributed by atoms with Gasteiger partial charge in [-0.3, -0.25) is 4.79 Å². The van der Waals surface area contributed by atoms with Crippen LogP contribution in [0, 0.1) is 11.8 Å². The van der Waals surface area contributed by atoms with Crippen LogP contribution in [0.3, 0.4) is 0 Å². The Hall–Kier alpha value is -1.51. The van der Waals surface area contributed by atoms with Gasteiger partial charge in [-0.1, -0.05) is 12.8 Å². The first kappa shape index (κ1) is 17.8. The van der Waals surface area contributed by atoms with Gasteiger partial charge in [0.1, 0.15) is 0 Å². The van der Waals surface area contributed by atoms with Crippen molar-refractivity contribution in [3.63, 3.8) is 0 Å². The number of ether oxygens (including phenoxy) is 1. The van der Waals surface area contributed by atoms with Crippen molar-refractivity contribution in [1.82, 2.24) is 10.2 Å². The van der Waals surface area contributed by atoms with Gasteiger partial charge < -0.3 is 20.1 Å². The molecule has 6 nitrogen and oxygen atoms in total. The lowest BCUT2D eigenvalue weighted by Gasteiger charge is -2.19. The number of halogens is 3. The van der Waals surface area contributed by atoms with Gasteiger partial charge in [0.15, 0.2) is 0 Å². The lowest BCUT2D eigenvalue weighted by atomic mass is 9.96. The Morgan fingerprint density at radius 3 is 2.39 bits per heavy atom. The fraction of sp³-hybridized carbons (Fsp3) is 0.857. The first-order chi connectivity index (χ1) is 10.8. The van der Waals surface area contributed by atoms with Crippen molar-refractivity contribution in [2.24, 2.45) is 11.8 Å². The minimum absolute atomic E-state index is 0.195. The number of amides is 2. The van der Waals surface area contributed by atoms with Gasteiger partial charge in [-0.05, 0) is 12.8 Å². The molecular weight excluding hydrogens is 317 g/mol. The second kappa shape index (κ2) is 7.37. The predicted molar refractivity (Wildman–Crippen MR) is 73.9 cm³/mol. The van der Waals surface area contributed by atoms with Crippen LogP contribution in [0.1, 0.15) is 25.7 Å². The van der Waals surface area contributed by atoms with E-state index in [0.717, 1.165) is 30.6 Å². The normalized spacial score (nSPS) is 25.8. The molecule has 0 aromatic rings. The number of rotatable bonds is 5. The molecule has 2 rings (SSSR count). The Morgan fingerprint density at radius 1 is 1.22 bits per heavy atom. The van der Waals surface area contributed by atoms with Crippen molar-refractivity contribution >= 4 is 12.0 Å². The van der Waals surface area contributed by atoms with Gasteiger partial charge in [-0.2, -0.15) is 13.2 Å². The van der Waals surface area contributed by atoms with Gasteiger partial charge in [0.05, 0.1) is 24.5 Å². The van der Waals surface area contributed by atoms with Crippen LogP contribution in [0.25, 0.3) is 0 Å². The molecule has 1 aliphatic heterocycles. The number of aliphatic carboxylic acids is 1. The van der Waals surface area contributed by atoms with E-state index in [-0.39, 0.29) is 12.6 Å². The van der Waals surface area contributed by atoms with Crippen molar-refractivity contribution in [3.8, 4) is 0 Å². The number of carbonyl (C=O) groups is 2. The van der Waals surface area contributed by atoms with Gasteiger partial charge in [-0.25, -0.2) is 4.79 Å². The summed E-state index contributed by atoms with van der Waals surface area (Å²) in [6, 6.07) is -0.682. The zero-order valence-electron chi connectivity index (χ0n) is 12.6. The molecule has 2 fully saturated rings. The highest BCUT2D eigenvalue weighted by molar-refractivity contribution is 5.77. The van der Waals surface area contributed by atoms with Crippen LogP contribution in [-0.2, 0) is 9.53 Å². The van der Waals surface area contributed by atoms with E-state index in [1.165, 1.54) is 0 Å². The molecule has 0 bridgehead atoms. The lowest BCUT2D eigenvalue weighted by Crippen LogP contribution is -2.41. The molecule has 0 unspecified atom stereocenters. The van der Waals surface area contributed by atoms with E-state index in [9.17, 15) is 22.8 Å². The van der Waals surface area contributed by atoms with Crippen molar-refractivity contribution in [3.05, 3.63) is 0 Å². The fourth-order valence-corrected chi connectivity index (χ4v) is 3.10. The second-order valence-electron chi connectivity index (χ2n) is 6.01. The van der Waals surface area contributed by atoms with Gasteiger partial charge in [0.25, 0.3) is 0 Å². The number of urea groups is 1. The number of carboxylic acid groups (broad SMARTS) is 1. The Balaban J connectivity index is 1.77. The van der Waals surface area contributed by atoms with E-state index in [1.54, 1.807) is 0 Å². The van der Waals surface area contributed by atoms with Gasteiger partial charge in [0.2, 0.25) is 0 Å². The Labute approximate surface area is 132 Å². The number of alkyl halides is 3. The third-order valence-electron chi connectivity index (χ3n) is 4.38. The minimum Gasteiger partial charge on any atom is -0.481 e. The van der Waals surface area contributed by atoms with E-state index in [2.05, 4.69) is 5.32 Å². The maximum absolute atomic E-state index is 12.8. The molecule has 0 spiro atoms.